The predicted molar refractivity (Wildman–Crippen MR) is 35.0 cm³/mol. The molecule has 2 atom stereocenters. The lowest BCUT2D eigenvalue weighted by molar-refractivity contribution is 1.07. The van der Waals surface area contributed by atoms with Crippen LogP contribution in [0.1, 0.15) is 13.3 Å². The van der Waals surface area contributed by atoms with E-state index in [1.165, 1.54) is 6.42 Å². The summed E-state index contributed by atoms with van der Waals surface area (Å²) in [5.41, 5.74) is 0. The maximum atomic E-state index is 3.95. The van der Waals surface area contributed by atoms with Crippen molar-refractivity contribution in [2.45, 2.75) is 18.7 Å². The first-order valence-corrected chi connectivity index (χ1v) is 5.41. The maximum absolute atomic E-state index is 3.95. The molecule has 0 nitrogen and oxygen atoms in total. The molecule has 0 aromatic rings. The second kappa shape index (κ2) is 1.52. The molecule has 0 aromatic carbocycles. The summed E-state index contributed by atoms with van der Waals surface area (Å²) in [7, 11) is 1.65. The Labute approximate surface area is 40.6 Å². The standard InChI is InChI=1S/C4H8P2/c1-3-4-5-6(4)2/h4H,2-3H2,1H3. The highest BCUT2D eigenvalue weighted by atomic mass is 31.8. The zero-order valence-electron chi connectivity index (χ0n) is 3.89. The highest BCUT2D eigenvalue weighted by molar-refractivity contribution is 8.10. The van der Waals surface area contributed by atoms with E-state index in [1.807, 2.05) is 0 Å². The van der Waals surface area contributed by atoms with E-state index in [1.54, 1.807) is 7.87 Å². The van der Waals surface area contributed by atoms with Gasteiger partial charge >= 0.3 is 0 Å². The van der Waals surface area contributed by atoms with Crippen molar-refractivity contribution in [3.63, 3.8) is 0 Å². The lowest BCUT2D eigenvalue weighted by Crippen LogP contribution is -1.66. The Morgan fingerprint density at radius 3 is 2.50 bits per heavy atom. The normalized spacial score (nSPS) is 38.2. The van der Waals surface area contributed by atoms with Gasteiger partial charge in [0.1, 0.15) is 0 Å². The Bertz CT molecular complexity index is 120. The van der Waals surface area contributed by atoms with Crippen LogP contribution in [0.2, 0.25) is 0 Å². The van der Waals surface area contributed by atoms with Crippen molar-refractivity contribution in [1.82, 2.24) is 0 Å². The first-order chi connectivity index (χ1) is 2.84. The second-order valence-electron chi connectivity index (χ2n) is 1.44. The number of hydrogen-bond donors (Lipinski definition) is 0. The van der Waals surface area contributed by atoms with Gasteiger partial charge in [-0.2, -0.15) is 0 Å². The zero-order valence-corrected chi connectivity index (χ0v) is 5.67. The Morgan fingerprint density at radius 2 is 2.50 bits per heavy atom. The van der Waals surface area contributed by atoms with Gasteiger partial charge in [-0.1, -0.05) is 27.9 Å². The molecule has 0 bridgehead atoms. The van der Waals surface area contributed by atoms with Crippen molar-refractivity contribution in [1.29, 1.82) is 0 Å². The summed E-state index contributed by atoms with van der Waals surface area (Å²) in [6.07, 6.45) is 5.31. The molecule has 0 spiro atoms. The van der Waals surface area contributed by atoms with E-state index in [0.717, 1.165) is 5.40 Å². The molecule has 0 radical (unpaired) electrons. The molecular weight excluding hydrogens is 110 g/mol. The predicted octanol–water partition coefficient (Wildman–Crippen LogP) is 2.51. The molecule has 0 aliphatic carbocycles. The van der Waals surface area contributed by atoms with Crippen LogP contribution in [0, 0.1) is 0 Å². The second-order valence-corrected chi connectivity index (χ2v) is 6.44. The number of rotatable bonds is 1. The van der Waals surface area contributed by atoms with E-state index in [4.69, 9.17) is 0 Å². The topological polar surface area (TPSA) is 0 Å². The quantitative estimate of drug-likeness (QED) is 0.464. The molecule has 6 heavy (non-hydrogen) atoms. The summed E-state index contributed by atoms with van der Waals surface area (Å²) in [4.78, 5) is 0. The molecule has 0 aromatic heterocycles. The van der Waals surface area contributed by atoms with Crippen LogP contribution in [0.15, 0.2) is 0 Å². The molecule has 0 fully saturated rings. The highest BCUT2D eigenvalue weighted by Crippen LogP contribution is 2.55. The molecule has 0 N–H and O–H groups in total. The third-order valence-corrected chi connectivity index (χ3v) is 5.46. The van der Waals surface area contributed by atoms with Gasteiger partial charge in [0, 0.05) is 5.40 Å². The van der Waals surface area contributed by atoms with Gasteiger partial charge in [0.25, 0.3) is 0 Å². The van der Waals surface area contributed by atoms with Crippen LogP contribution in [-0.4, -0.2) is 11.7 Å². The first-order valence-electron chi connectivity index (χ1n) is 2.15. The summed E-state index contributed by atoms with van der Waals surface area (Å²) >= 11 is 0. The van der Waals surface area contributed by atoms with Crippen molar-refractivity contribution < 1.29 is 0 Å². The molecule has 0 saturated heterocycles. The summed E-state index contributed by atoms with van der Waals surface area (Å²) in [5, 5.41) is 1.03. The van der Waals surface area contributed by atoms with E-state index in [9.17, 15) is 0 Å². The summed E-state index contributed by atoms with van der Waals surface area (Å²) in [5.74, 6) is 0. The summed E-state index contributed by atoms with van der Waals surface area (Å²) in [6, 6.07) is 0. The van der Waals surface area contributed by atoms with Gasteiger partial charge in [0.05, 0.1) is 0 Å². The van der Waals surface area contributed by atoms with Gasteiger partial charge in [-0.25, -0.2) is 0 Å². The van der Waals surface area contributed by atoms with Crippen molar-refractivity contribution in [3.8, 4) is 0 Å². The van der Waals surface area contributed by atoms with Crippen molar-refractivity contribution in [3.05, 3.63) is 0 Å². The minimum atomic E-state index is 0.288. The summed E-state index contributed by atoms with van der Waals surface area (Å²) in [6.45, 7) is 2.53. The molecule has 2 heteroatoms. The fourth-order valence-electron chi connectivity index (χ4n) is 0.434. The highest BCUT2D eigenvalue weighted by Gasteiger charge is 2.11. The SMILES string of the molecule is C=P1=PC1CC. The first kappa shape index (κ1) is 4.62. The van der Waals surface area contributed by atoms with Crippen LogP contribution >= 0.6 is 14.7 Å². The molecule has 1 aliphatic heterocycles. The zero-order chi connectivity index (χ0) is 4.57. The van der Waals surface area contributed by atoms with Crippen molar-refractivity contribution in [2.24, 2.45) is 0 Å². The van der Waals surface area contributed by atoms with Crippen LogP contribution in [0.4, 0.5) is 0 Å². The Hall–Kier alpha value is 0.470. The van der Waals surface area contributed by atoms with Gasteiger partial charge in [0.2, 0.25) is 0 Å². The van der Waals surface area contributed by atoms with Gasteiger partial charge in [-0.15, -0.1) is 0 Å². The number of hydrogen-bond acceptors (Lipinski definition) is 0. The maximum Gasteiger partial charge on any atom is 0.0459 e. The third kappa shape index (κ3) is 0.750. The monoisotopic (exact) mass is 118 g/mol. The molecular formula is C4H8P2. The van der Waals surface area contributed by atoms with Crippen LogP contribution in [0.3, 0.4) is 0 Å². The van der Waals surface area contributed by atoms with Crippen LogP contribution in [0.5, 0.6) is 0 Å². The van der Waals surface area contributed by atoms with Crippen LogP contribution in [-0.2, 0) is 0 Å². The Balaban J connectivity index is 2.36. The molecule has 2 unspecified atom stereocenters. The van der Waals surface area contributed by atoms with E-state index in [-0.39, 0.29) is 6.83 Å². The van der Waals surface area contributed by atoms with Gasteiger partial charge in [0.15, 0.2) is 0 Å². The van der Waals surface area contributed by atoms with E-state index in [0.29, 0.717) is 0 Å². The van der Waals surface area contributed by atoms with Crippen LogP contribution in [0.25, 0.3) is 0 Å². The lowest BCUT2D eigenvalue weighted by atomic mass is 10.6. The minimum Gasteiger partial charge on any atom is -0.0949 e. The molecule has 0 amide bonds. The third-order valence-electron chi connectivity index (χ3n) is 0.936. The molecule has 0 saturated carbocycles. The lowest BCUT2D eigenvalue weighted by Gasteiger charge is -1.75. The van der Waals surface area contributed by atoms with Crippen LogP contribution < -0.4 is 0 Å². The molecule has 1 heterocycles. The fraction of sp³-hybridized carbons (Fsp3) is 0.750. The van der Waals surface area contributed by atoms with Crippen molar-refractivity contribution >= 4 is 21.0 Å². The molecule has 34 valence electrons. The van der Waals surface area contributed by atoms with Gasteiger partial charge in [-0.05, 0) is 6.42 Å². The average Bonchev–Trinajstić information content (AvgIpc) is 2.19. The smallest absolute Gasteiger partial charge is 0.0459 e. The average molecular weight is 118 g/mol. The van der Waals surface area contributed by atoms with E-state index >= 15 is 0 Å². The van der Waals surface area contributed by atoms with Gasteiger partial charge < -0.3 is 0 Å². The van der Waals surface area contributed by atoms with Crippen molar-refractivity contribution in [2.75, 3.05) is 0 Å². The Morgan fingerprint density at radius 1 is 2.00 bits per heavy atom. The Kier molecular flexibility index (Phi) is 1.17. The van der Waals surface area contributed by atoms with E-state index < -0.39 is 0 Å². The van der Waals surface area contributed by atoms with E-state index in [2.05, 4.69) is 13.2 Å². The molecule has 1 rings (SSSR count). The minimum absolute atomic E-state index is 0.288. The molecule has 1 aliphatic rings. The summed E-state index contributed by atoms with van der Waals surface area (Å²) < 4.78 is 0. The van der Waals surface area contributed by atoms with Gasteiger partial charge in [-0.3, -0.25) is 0 Å². The fourth-order valence-corrected chi connectivity index (χ4v) is 3.79. The largest absolute Gasteiger partial charge is 0.0949 e.